The van der Waals surface area contributed by atoms with Crippen molar-refractivity contribution in [2.45, 2.75) is 39.0 Å². The third-order valence-electron chi connectivity index (χ3n) is 4.83. The molecule has 0 aliphatic carbocycles. The highest BCUT2D eigenvalue weighted by atomic mass is 16.3. The number of carbonyl (C=O) groups is 1. The minimum Gasteiger partial charge on any atom is -0.385 e. The fourth-order valence-corrected chi connectivity index (χ4v) is 3.74. The lowest BCUT2D eigenvalue weighted by molar-refractivity contribution is -0.119. The van der Waals surface area contributed by atoms with E-state index in [-0.39, 0.29) is 18.5 Å². The zero-order valence-corrected chi connectivity index (χ0v) is 14.4. The number of hydrogen-bond acceptors (Lipinski definition) is 3. The second kappa shape index (κ2) is 6.01. The highest BCUT2D eigenvalue weighted by molar-refractivity contribution is 5.96. The Bertz CT molecular complexity index is 945. The van der Waals surface area contributed by atoms with Crippen molar-refractivity contribution in [2.75, 3.05) is 4.90 Å². The number of imidazole rings is 1. The Hall–Kier alpha value is -2.66. The first-order valence-corrected chi connectivity index (χ1v) is 8.59. The Balaban J connectivity index is 1.72. The average Bonchev–Trinajstić information content (AvgIpc) is 3.12. The van der Waals surface area contributed by atoms with E-state index in [1.54, 1.807) is 6.92 Å². The van der Waals surface area contributed by atoms with Crippen molar-refractivity contribution >= 4 is 22.6 Å². The van der Waals surface area contributed by atoms with Gasteiger partial charge in [-0.1, -0.05) is 30.3 Å². The predicted molar refractivity (Wildman–Crippen MR) is 97.5 cm³/mol. The fraction of sp³-hybridized carbons (Fsp3) is 0.300. The minimum absolute atomic E-state index is 0.0162. The zero-order chi connectivity index (χ0) is 17.6. The molecule has 128 valence electrons. The van der Waals surface area contributed by atoms with Crippen LogP contribution in [0.2, 0.25) is 0 Å². The molecular formula is C20H21N3O2. The number of amides is 1. The van der Waals surface area contributed by atoms with Crippen LogP contribution in [0.4, 0.5) is 5.69 Å². The first kappa shape index (κ1) is 15.8. The van der Waals surface area contributed by atoms with Crippen LogP contribution in [0.3, 0.4) is 0 Å². The number of rotatable bonds is 3. The number of para-hydroxylation sites is 3. The van der Waals surface area contributed by atoms with E-state index < -0.39 is 6.10 Å². The molecule has 2 aromatic carbocycles. The number of fused-ring (bicyclic) bond motifs is 2. The first-order chi connectivity index (χ1) is 12.1. The van der Waals surface area contributed by atoms with Crippen molar-refractivity contribution in [2.24, 2.45) is 0 Å². The maximum Gasteiger partial charge on any atom is 0.247 e. The van der Waals surface area contributed by atoms with Crippen LogP contribution in [0.1, 0.15) is 31.3 Å². The summed E-state index contributed by atoms with van der Waals surface area (Å²) in [4.78, 5) is 19.5. The van der Waals surface area contributed by atoms with Crippen LogP contribution < -0.4 is 4.90 Å². The van der Waals surface area contributed by atoms with E-state index in [4.69, 9.17) is 0 Å². The molecule has 0 fully saturated rings. The molecule has 1 N–H and O–H groups in total. The second-order valence-corrected chi connectivity index (χ2v) is 6.67. The molecule has 0 radical (unpaired) electrons. The van der Waals surface area contributed by atoms with Gasteiger partial charge in [0, 0.05) is 11.7 Å². The molecule has 2 atom stereocenters. The fourth-order valence-electron chi connectivity index (χ4n) is 3.74. The Morgan fingerprint density at radius 2 is 1.96 bits per heavy atom. The molecule has 0 saturated carbocycles. The molecule has 3 aromatic rings. The normalized spacial score (nSPS) is 17.7. The summed E-state index contributed by atoms with van der Waals surface area (Å²) in [6.07, 6.45) is 0.138. The number of anilines is 1. The van der Waals surface area contributed by atoms with Crippen LogP contribution in [-0.4, -0.2) is 26.6 Å². The van der Waals surface area contributed by atoms with Crippen LogP contribution in [0.5, 0.6) is 0 Å². The smallest absolute Gasteiger partial charge is 0.247 e. The molecule has 5 heteroatoms. The molecular weight excluding hydrogens is 314 g/mol. The van der Waals surface area contributed by atoms with Crippen molar-refractivity contribution in [3.05, 3.63) is 59.9 Å². The summed E-state index contributed by atoms with van der Waals surface area (Å²) in [5, 5.41) is 10.1. The van der Waals surface area contributed by atoms with Gasteiger partial charge in [-0.2, -0.15) is 0 Å². The van der Waals surface area contributed by atoms with Crippen molar-refractivity contribution in [3.63, 3.8) is 0 Å². The van der Waals surface area contributed by atoms with Gasteiger partial charge < -0.3 is 14.6 Å². The van der Waals surface area contributed by atoms with Gasteiger partial charge in [-0.15, -0.1) is 0 Å². The number of aliphatic hydroxyl groups is 1. The lowest BCUT2D eigenvalue weighted by Crippen LogP contribution is -2.38. The summed E-state index contributed by atoms with van der Waals surface area (Å²) in [5.41, 5.74) is 3.85. The van der Waals surface area contributed by atoms with Gasteiger partial charge >= 0.3 is 0 Å². The van der Waals surface area contributed by atoms with E-state index in [0.717, 1.165) is 23.1 Å². The predicted octanol–water partition coefficient (Wildman–Crippen LogP) is 3.07. The van der Waals surface area contributed by atoms with E-state index in [1.807, 2.05) is 51.9 Å². The number of carbonyl (C=O) groups excluding carboxylic acids is 1. The number of nitrogens with zero attached hydrogens (tertiary/aromatic N) is 3. The van der Waals surface area contributed by atoms with Gasteiger partial charge in [-0.25, -0.2) is 4.98 Å². The maximum atomic E-state index is 13.1. The molecule has 0 spiro atoms. The molecule has 25 heavy (non-hydrogen) atoms. The minimum atomic E-state index is -0.733. The van der Waals surface area contributed by atoms with E-state index in [9.17, 15) is 9.90 Å². The van der Waals surface area contributed by atoms with Crippen molar-refractivity contribution in [1.82, 2.24) is 9.55 Å². The zero-order valence-electron chi connectivity index (χ0n) is 14.4. The average molecular weight is 335 g/mol. The summed E-state index contributed by atoms with van der Waals surface area (Å²) in [6.45, 7) is 3.91. The SMILES string of the molecule is C[C@H](O)c1nc2ccccc2n1CC(=O)N1c2ccccc2C[C@H]1C. The summed E-state index contributed by atoms with van der Waals surface area (Å²) in [7, 11) is 0. The van der Waals surface area contributed by atoms with Crippen LogP contribution in [-0.2, 0) is 17.8 Å². The van der Waals surface area contributed by atoms with Crippen LogP contribution in [0.15, 0.2) is 48.5 Å². The Labute approximate surface area is 146 Å². The molecule has 2 heterocycles. The Morgan fingerprint density at radius 3 is 2.76 bits per heavy atom. The van der Waals surface area contributed by atoms with Crippen LogP contribution >= 0.6 is 0 Å². The van der Waals surface area contributed by atoms with Crippen molar-refractivity contribution in [3.8, 4) is 0 Å². The van der Waals surface area contributed by atoms with Gasteiger partial charge in [-0.3, -0.25) is 4.79 Å². The van der Waals surface area contributed by atoms with E-state index in [0.29, 0.717) is 5.82 Å². The quantitative estimate of drug-likeness (QED) is 0.800. The maximum absolute atomic E-state index is 13.1. The van der Waals surface area contributed by atoms with Crippen LogP contribution in [0, 0.1) is 0 Å². The highest BCUT2D eigenvalue weighted by Gasteiger charge is 2.31. The van der Waals surface area contributed by atoms with Gasteiger partial charge in [-0.05, 0) is 44.0 Å². The molecule has 0 bridgehead atoms. The van der Waals surface area contributed by atoms with Gasteiger partial charge in [0.05, 0.1) is 11.0 Å². The summed E-state index contributed by atoms with van der Waals surface area (Å²) >= 11 is 0. The molecule has 1 aliphatic rings. The number of aliphatic hydroxyl groups excluding tert-OH is 1. The van der Waals surface area contributed by atoms with Gasteiger partial charge in [0.25, 0.3) is 0 Å². The summed E-state index contributed by atoms with van der Waals surface area (Å²) in [5.74, 6) is 0.539. The van der Waals surface area contributed by atoms with Gasteiger partial charge in [0.2, 0.25) is 5.91 Å². The van der Waals surface area contributed by atoms with E-state index in [1.165, 1.54) is 5.56 Å². The largest absolute Gasteiger partial charge is 0.385 e. The standard InChI is InChI=1S/C20H21N3O2/c1-13-11-15-7-3-5-9-17(15)23(13)19(25)12-22-18-10-6-4-8-16(18)21-20(22)14(2)24/h3-10,13-14,24H,11-12H2,1-2H3/t13-,14+/m1/s1. The first-order valence-electron chi connectivity index (χ1n) is 8.59. The summed E-state index contributed by atoms with van der Waals surface area (Å²) < 4.78 is 1.83. The summed E-state index contributed by atoms with van der Waals surface area (Å²) in [6, 6.07) is 15.8. The molecule has 0 unspecified atom stereocenters. The number of benzene rings is 2. The van der Waals surface area contributed by atoms with Gasteiger partial charge in [0.15, 0.2) is 0 Å². The molecule has 4 rings (SSSR count). The third-order valence-corrected chi connectivity index (χ3v) is 4.83. The molecule has 0 saturated heterocycles. The molecule has 1 aromatic heterocycles. The number of hydrogen-bond donors (Lipinski definition) is 1. The monoisotopic (exact) mass is 335 g/mol. The van der Waals surface area contributed by atoms with Gasteiger partial charge in [0.1, 0.15) is 18.5 Å². The Morgan fingerprint density at radius 1 is 1.24 bits per heavy atom. The molecule has 5 nitrogen and oxygen atoms in total. The third kappa shape index (κ3) is 2.61. The molecule has 1 aliphatic heterocycles. The van der Waals surface area contributed by atoms with E-state index in [2.05, 4.69) is 18.0 Å². The lowest BCUT2D eigenvalue weighted by atomic mass is 10.1. The lowest BCUT2D eigenvalue weighted by Gasteiger charge is -2.23. The second-order valence-electron chi connectivity index (χ2n) is 6.67. The molecule has 1 amide bonds. The van der Waals surface area contributed by atoms with Crippen molar-refractivity contribution < 1.29 is 9.90 Å². The highest BCUT2D eigenvalue weighted by Crippen LogP contribution is 2.32. The Kier molecular flexibility index (Phi) is 3.81. The topological polar surface area (TPSA) is 58.4 Å². The number of aromatic nitrogens is 2. The van der Waals surface area contributed by atoms with Crippen LogP contribution in [0.25, 0.3) is 11.0 Å². The van der Waals surface area contributed by atoms with E-state index >= 15 is 0 Å². The van der Waals surface area contributed by atoms with Crippen molar-refractivity contribution in [1.29, 1.82) is 0 Å².